The number of hydrogen-bond donors (Lipinski definition) is 0. The van der Waals surface area contributed by atoms with Gasteiger partial charge in [0.2, 0.25) is 0 Å². The number of halogens is 1. The number of furan rings is 1. The van der Waals surface area contributed by atoms with Gasteiger partial charge in [-0.1, -0.05) is 29.8 Å². The summed E-state index contributed by atoms with van der Waals surface area (Å²) in [5.74, 6) is 1.94. The summed E-state index contributed by atoms with van der Waals surface area (Å²) in [4.78, 5) is 4.60. The fourth-order valence-electron chi connectivity index (χ4n) is 2.88. The third-order valence-electron chi connectivity index (χ3n) is 4.13. The van der Waals surface area contributed by atoms with E-state index in [4.69, 9.17) is 4.42 Å². The van der Waals surface area contributed by atoms with Crippen LogP contribution in [0.3, 0.4) is 0 Å². The topological polar surface area (TPSA) is 31.0 Å². The standard InChI is InChI=1S/C20H17FN2O/c1-13-3-6-15(7-4-13)12-23-18-9-8-16(21)11-17(18)22-20(23)19-10-5-14(2)24-19/h3-11H,12H2,1-2H3. The number of hydrogen-bond acceptors (Lipinski definition) is 2. The second kappa shape index (κ2) is 5.64. The number of aryl methyl sites for hydroxylation is 2. The minimum absolute atomic E-state index is 0.287. The SMILES string of the molecule is Cc1ccc(Cn2c(-c3ccc(C)o3)nc3cc(F)ccc32)cc1. The fourth-order valence-corrected chi connectivity index (χ4v) is 2.88. The number of fused-ring (bicyclic) bond motifs is 1. The summed E-state index contributed by atoms with van der Waals surface area (Å²) in [5.41, 5.74) is 3.90. The molecule has 0 unspecified atom stereocenters. The molecule has 0 fully saturated rings. The highest BCUT2D eigenvalue weighted by molar-refractivity contribution is 5.80. The summed E-state index contributed by atoms with van der Waals surface area (Å²) in [6, 6.07) is 16.9. The Balaban J connectivity index is 1.88. The Hall–Kier alpha value is -2.88. The van der Waals surface area contributed by atoms with Crippen molar-refractivity contribution in [3.05, 3.63) is 77.3 Å². The molecule has 0 saturated heterocycles. The quantitative estimate of drug-likeness (QED) is 0.526. The van der Waals surface area contributed by atoms with Crippen molar-refractivity contribution in [3.8, 4) is 11.6 Å². The molecule has 2 heterocycles. The van der Waals surface area contributed by atoms with Crippen LogP contribution in [-0.2, 0) is 6.54 Å². The van der Waals surface area contributed by atoms with E-state index >= 15 is 0 Å². The van der Waals surface area contributed by atoms with Gasteiger partial charge in [0, 0.05) is 12.6 Å². The van der Waals surface area contributed by atoms with Gasteiger partial charge in [0.05, 0.1) is 11.0 Å². The second-order valence-corrected chi connectivity index (χ2v) is 6.05. The van der Waals surface area contributed by atoms with E-state index in [1.807, 2.05) is 19.1 Å². The lowest BCUT2D eigenvalue weighted by Crippen LogP contribution is -2.02. The zero-order valence-corrected chi connectivity index (χ0v) is 13.6. The van der Waals surface area contributed by atoms with Crippen LogP contribution < -0.4 is 0 Å². The predicted molar refractivity (Wildman–Crippen MR) is 92.4 cm³/mol. The molecule has 2 aromatic carbocycles. The van der Waals surface area contributed by atoms with Crippen LogP contribution in [0.2, 0.25) is 0 Å². The summed E-state index contributed by atoms with van der Waals surface area (Å²) in [6.07, 6.45) is 0. The Morgan fingerprint density at radius 1 is 1.00 bits per heavy atom. The van der Waals surface area contributed by atoms with Gasteiger partial charge in [-0.2, -0.15) is 0 Å². The molecule has 0 atom stereocenters. The van der Waals surface area contributed by atoms with Gasteiger partial charge in [-0.05, 0) is 43.7 Å². The third-order valence-corrected chi connectivity index (χ3v) is 4.13. The van der Waals surface area contributed by atoms with Crippen LogP contribution in [0.5, 0.6) is 0 Å². The van der Waals surface area contributed by atoms with Gasteiger partial charge in [-0.3, -0.25) is 0 Å². The van der Waals surface area contributed by atoms with Crippen LogP contribution in [0.4, 0.5) is 4.39 Å². The maximum Gasteiger partial charge on any atom is 0.177 e. The summed E-state index contributed by atoms with van der Waals surface area (Å²) < 4.78 is 21.4. The highest BCUT2D eigenvalue weighted by atomic mass is 19.1. The van der Waals surface area contributed by atoms with Crippen LogP contribution in [-0.4, -0.2) is 9.55 Å². The molecule has 3 nitrogen and oxygen atoms in total. The van der Waals surface area contributed by atoms with Gasteiger partial charge in [0.1, 0.15) is 11.6 Å². The molecule has 24 heavy (non-hydrogen) atoms. The normalized spacial score (nSPS) is 11.3. The molecule has 0 N–H and O–H groups in total. The van der Waals surface area contributed by atoms with E-state index < -0.39 is 0 Å². The first kappa shape index (κ1) is 14.7. The molecule has 0 bridgehead atoms. The van der Waals surface area contributed by atoms with Crippen LogP contribution in [0.15, 0.2) is 59.0 Å². The number of imidazole rings is 1. The zero-order chi connectivity index (χ0) is 16.7. The minimum atomic E-state index is -0.287. The molecule has 0 amide bonds. The number of nitrogens with zero attached hydrogens (tertiary/aromatic N) is 2. The molecule has 0 spiro atoms. The smallest absolute Gasteiger partial charge is 0.177 e. The largest absolute Gasteiger partial charge is 0.458 e. The van der Waals surface area contributed by atoms with E-state index in [1.165, 1.54) is 17.7 Å². The Morgan fingerprint density at radius 2 is 1.79 bits per heavy atom. The highest BCUT2D eigenvalue weighted by Crippen LogP contribution is 2.27. The monoisotopic (exact) mass is 320 g/mol. The van der Waals surface area contributed by atoms with Gasteiger partial charge >= 0.3 is 0 Å². The predicted octanol–water partition coefficient (Wildman–Crippen LogP) is 5.10. The Morgan fingerprint density at radius 3 is 2.50 bits per heavy atom. The lowest BCUT2D eigenvalue weighted by Gasteiger charge is -2.08. The second-order valence-electron chi connectivity index (χ2n) is 6.05. The van der Waals surface area contributed by atoms with E-state index in [0.29, 0.717) is 23.6 Å². The first-order valence-corrected chi connectivity index (χ1v) is 7.88. The molecule has 0 aliphatic rings. The number of benzene rings is 2. The van der Waals surface area contributed by atoms with E-state index in [0.717, 1.165) is 16.8 Å². The minimum Gasteiger partial charge on any atom is -0.458 e. The Bertz CT molecular complexity index is 1010. The van der Waals surface area contributed by atoms with Crippen molar-refractivity contribution in [1.29, 1.82) is 0 Å². The van der Waals surface area contributed by atoms with Crippen molar-refractivity contribution in [2.75, 3.05) is 0 Å². The molecule has 4 heteroatoms. The van der Waals surface area contributed by atoms with Gasteiger partial charge in [-0.25, -0.2) is 9.37 Å². The highest BCUT2D eigenvalue weighted by Gasteiger charge is 2.16. The van der Waals surface area contributed by atoms with Crippen molar-refractivity contribution in [1.82, 2.24) is 9.55 Å². The molecular weight excluding hydrogens is 303 g/mol. The number of aromatic nitrogens is 2. The van der Waals surface area contributed by atoms with Gasteiger partial charge in [0.25, 0.3) is 0 Å². The first-order valence-electron chi connectivity index (χ1n) is 7.88. The number of rotatable bonds is 3. The average Bonchev–Trinajstić information content (AvgIpc) is 3.13. The van der Waals surface area contributed by atoms with Crippen molar-refractivity contribution in [2.24, 2.45) is 0 Å². The third kappa shape index (κ3) is 2.60. The van der Waals surface area contributed by atoms with Crippen LogP contribution in [0.1, 0.15) is 16.9 Å². The Labute approximate surface area is 139 Å². The fraction of sp³-hybridized carbons (Fsp3) is 0.150. The maximum atomic E-state index is 13.6. The molecule has 4 rings (SSSR count). The molecular formula is C20H17FN2O. The summed E-state index contributed by atoms with van der Waals surface area (Å²) in [6.45, 7) is 4.61. The van der Waals surface area contributed by atoms with Crippen molar-refractivity contribution in [3.63, 3.8) is 0 Å². The molecule has 0 aliphatic heterocycles. The first-order chi connectivity index (χ1) is 11.6. The van der Waals surface area contributed by atoms with Gasteiger partial charge < -0.3 is 8.98 Å². The molecule has 4 aromatic rings. The van der Waals surface area contributed by atoms with E-state index in [2.05, 4.69) is 40.7 Å². The molecule has 2 aromatic heterocycles. The summed E-state index contributed by atoms with van der Waals surface area (Å²) >= 11 is 0. The summed E-state index contributed by atoms with van der Waals surface area (Å²) in [7, 11) is 0. The molecule has 0 aliphatic carbocycles. The lowest BCUT2D eigenvalue weighted by molar-refractivity contribution is 0.540. The zero-order valence-electron chi connectivity index (χ0n) is 13.6. The summed E-state index contributed by atoms with van der Waals surface area (Å²) in [5, 5.41) is 0. The average molecular weight is 320 g/mol. The van der Waals surface area contributed by atoms with Gasteiger partial charge in [-0.15, -0.1) is 0 Å². The van der Waals surface area contributed by atoms with Gasteiger partial charge in [0.15, 0.2) is 11.6 Å². The van der Waals surface area contributed by atoms with Crippen molar-refractivity contribution in [2.45, 2.75) is 20.4 Å². The van der Waals surface area contributed by atoms with Crippen LogP contribution >= 0.6 is 0 Å². The molecule has 0 saturated carbocycles. The van der Waals surface area contributed by atoms with Crippen LogP contribution in [0, 0.1) is 19.7 Å². The molecule has 0 radical (unpaired) electrons. The Kier molecular flexibility index (Phi) is 3.45. The maximum absolute atomic E-state index is 13.6. The van der Waals surface area contributed by atoms with E-state index in [1.54, 1.807) is 6.07 Å². The van der Waals surface area contributed by atoms with Crippen molar-refractivity contribution >= 4 is 11.0 Å². The van der Waals surface area contributed by atoms with E-state index in [9.17, 15) is 4.39 Å². The van der Waals surface area contributed by atoms with E-state index in [-0.39, 0.29) is 5.82 Å². The van der Waals surface area contributed by atoms with Crippen LogP contribution in [0.25, 0.3) is 22.6 Å². The molecule has 120 valence electrons. The van der Waals surface area contributed by atoms with Crippen molar-refractivity contribution < 1.29 is 8.81 Å². The lowest BCUT2D eigenvalue weighted by atomic mass is 10.1.